The van der Waals surface area contributed by atoms with Gasteiger partial charge >= 0.3 is 0 Å². The Bertz CT molecular complexity index is 809. The molecule has 6 heteroatoms. The summed E-state index contributed by atoms with van der Waals surface area (Å²) >= 11 is 0. The van der Waals surface area contributed by atoms with Gasteiger partial charge in [-0.15, -0.1) is 0 Å². The maximum Gasteiger partial charge on any atom is 0.159 e. The summed E-state index contributed by atoms with van der Waals surface area (Å²) in [5.41, 5.74) is -0.210. The van der Waals surface area contributed by atoms with Crippen LogP contribution < -0.4 is 0 Å². The summed E-state index contributed by atoms with van der Waals surface area (Å²) < 4.78 is 5.86. The lowest BCUT2D eigenvalue weighted by Crippen LogP contribution is -2.58. The van der Waals surface area contributed by atoms with Gasteiger partial charge in [0.2, 0.25) is 0 Å². The minimum Gasteiger partial charge on any atom is -0.390 e. The summed E-state index contributed by atoms with van der Waals surface area (Å²) in [6, 6.07) is 0. The second-order valence-corrected chi connectivity index (χ2v) is 11.7. The van der Waals surface area contributed by atoms with Gasteiger partial charge in [0.05, 0.1) is 24.6 Å². The second-order valence-electron chi connectivity index (χ2n) is 11.7. The van der Waals surface area contributed by atoms with Gasteiger partial charge in [-0.05, 0) is 99.2 Å². The van der Waals surface area contributed by atoms with Gasteiger partial charge < -0.3 is 9.84 Å². The zero-order chi connectivity index (χ0) is 21.9. The Hall–Kier alpha value is -1.27. The van der Waals surface area contributed by atoms with Crippen LogP contribution >= 0.6 is 0 Å². The Balaban J connectivity index is 1.38. The fourth-order valence-corrected chi connectivity index (χ4v) is 8.89. The largest absolute Gasteiger partial charge is 0.390 e. The average molecular weight is 430 g/mol. The molecule has 5 rings (SSSR count). The maximum absolute atomic E-state index is 13.2. The van der Waals surface area contributed by atoms with Crippen LogP contribution in [0.5, 0.6) is 0 Å². The number of ketones is 1. The molecule has 6 nitrogen and oxygen atoms in total. The van der Waals surface area contributed by atoms with E-state index < -0.39 is 5.60 Å². The summed E-state index contributed by atoms with van der Waals surface area (Å²) in [6.07, 6.45) is 13.1. The Morgan fingerprint density at radius 2 is 1.84 bits per heavy atom. The van der Waals surface area contributed by atoms with Gasteiger partial charge in [-0.25, -0.2) is 0 Å². The van der Waals surface area contributed by atoms with Crippen LogP contribution in [0.2, 0.25) is 0 Å². The van der Waals surface area contributed by atoms with Gasteiger partial charge in [0.15, 0.2) is 5.78 Å². The molecule has 0 saturated heterocycles. The van der Waals surface area contributed by atoms with E-state index in [0.29, 0.717) is 36.0 Å². The molecule has 0 radical (unpaired) electrons. The van der Waals surface area contributed by atoms with E-state index >= 15 is 0 Å². The van der Waals surface area contributed by atoms with Crippen molar-refractivity contribution in [2.75, 3.05) is 13.7 Å². The van der Waals surface area contributed by atoms with Crippen LogP contribution in [0.3, 0.4) is 0 Å². The Kier molecular flexibility index (Phi) is 5.32. The van der Waals surface area contributed by atoms with Gasteiger partial charge in [-0.3, -0.25) is 4.79 Å². The Morgan fingerprint density at radius 1 is 1.06 bits per heavy atom. The molecule has 4 aliphatic carbocycles. The molecule has 1 heterocycles. The fraction of sp³-hybridized carbons (Fsp3) is 0.880. The summed E-state index contributed by atoms with van der Waals surface area (Å²) in [7, 11) is 1.85. The zero-order valence-electron chi connectivity index (χ0n) is 19.4. The number of carbonyl (C=O) groups is 1. The van der Waals surface area contributed by atoms with Gasteiger partial charge in [0.25, 0.3) is 0 Å². The van der Waals surface area contributed by atoms with Crippen molar-refractivity contribution >= 4 is 5.78 Å². The zero-order valence-corrected chi connectivity index (χ0v) is 19.4. The van der Waals surface area contributed by atoms with Crippen LogP contribution in [0.15, 0.2) is 12.4 Å². The van der Waals surface area contributed by atoms with Crippen molar-refractivity contribution in [2.24, 2.45) is 40.4 Å². The van der Waals surface area contributed by atoms with E-state index in [4.69, 9.17) is 4.74 Å². The molecule has 0 aromatic carbocycles. The molecule has 0 bridgehead atoms. The standard InChI is InChI=1S/C25H39N3O3/c1-23(30)10-11-25(16-31-3)17(14-23)4-5-18-19-6-7-21(24(19,2)9-8-20(18)25)22(29)15-28-26-12-13-27-28/h12-13,17-21,30H,4-11,14-16H2,1-3H3/t17-,18+,19+,20+,21-,23-,24+,25?/m1/s1. The van der Waals surface area contributed by atoms with Gasteiger partial charge in [-0.2, -0.15) is 15.0 Å². The lowest BCUT2D eigenvalue weighted by Gasteiger charge is -2.62. The number of hydrogen-bond donors (Lipinski definition) is 1. The number of rotatable bonds is 5. The molecule has 4 aliphatic rings. The number of fused-ring (bicyclic) bond motifs is 5. The van der Waals surface area contributed by atoms with Crippen LogP contribution in [0, 0.1) is 40.4 Å². The van der Waals surface area contributed by atoms with Gasteiger partial charge in [-0.1, -0.05) is 6.92 Å². The van der Waals surface area contributed by atoms with Crippen LogP contribution in [0.25, 0.3) is 0 Å². The predicted molar refractivity (Wildman–Crippen MR) is 117 cm³/mol. The highest BCUT2D eigenvalue weighted by molar-refractivity contribution is 5.82. The third-order valence-electron chi connectivity index (χ3n) is 10.2. The first-order valence-corrected chi connectivity index (χ1v) is 12.4. The first-order chi connectivity index (χ1) is 14.8. The molecule has 1 N–H and O–H groups in total. The van der Waals surface area contributed by atoms with Crippen molar-refractivity contribution in [3.63, 3.8) is 0 Å². The Labute approximate surface area is 186 Å². The molecule has 1 aromatic heterocycles. The molecule has 4 fully saturated rings. The average Bonchev–Trinajstić information content (AvgIpc) is 3.35. The highest BCUT2D eigenvalue weighted by Crippen LogP contribution is 2.68. The Morgan fingerprint density at radius 3 is 2.58 bits per heavy atom. The van der Waals surface area contributed by atoms with E-state index in [2.05, 4.69) is 17.1 Å². The maximum atomic E-state index is 13.2. The lowest BCUT2D eigenvalue weighted by molar-refractivity contribution is -0.175. The second kappa shape index (κ2) is 7.65. The molecular formula is C25H39N3O3. The summed E-state index contributed by atoms with van der Waals surface area (Å²) in [5.74, 6) is 2.99. The highest BCUT2D eigenvalue weighted by atomic mass is 16.5. The molecule has 31 heavy (non-hydrogen) atoms. The number of ether oxygens (including phenoxy) is 1. The minimum absolute atomic E-state index is 0.104. The van der Waals surface area contributed by atoms with E-state index in [1.165, 1.54) is 30.5 Å². The number of aliphatic hydroxyl groups is 1. The van der Waals surface area contributed by atoms with E-state index in [-0.39, 0.29) is 16.7 Å². The van der Waals surface area contributed by atoms with E-state index in [0.717, 1.165) is 38.7 Å². The number of methoxy groups -OCH3 is 1. The van der Waals surface area contributed by atoms with Crippen molar-refractivity contribution in [1.29, 1.82) is 0 Å². The van der Waals surface area contributed by atoms with Crippen LogP contribution in [0.4, 0.5) is 0 Å². The van der Waals surface area contributed by atoms with Crippen LogP contribution in [0.1, 0.15) is 71.6 Å². The molecule has 8 atom stereocenters. The quantitative estimate of drug-likeness (QED) is 0.768. The number of nitrogens with zero attached hydrogens (tertiary/aromatic N) is 3. The fourth-order valence-electron chi connectivity index (χ4n) is 8.89. The molecular weight excluding hydrogens is 390 g/mol. The summed E-state index contributed by atoms with van der Waals surface area (Å²) in [6.45, 7) is 5.56. The van der Waals surface area contributed by atoms with Crippen molar-refractivity contribution in [3.8, 4) is 0 Å². The number of hydrogen-bond acceptors (Lipinski definition) is 5. The van der Waals surface area contributed by atoms with Crippen molar-refractivity contribution < 1.29 is 14.6 Å². The number of carbonyl (C=O) groups excluding carboxylic acids is 1. The van der Waals surface area contributed by atoms with Crippen molar-refractivity contribution in [1.82, 2.24) is 15.0 Å². The summed E-state index contributed by atoms with van der Waals surface area (Å²) in [5, 5.41) is 19.1. The molecule has 0 aliphatic heterocycles. The number of Topliss-reactive ketones (excluding diaryl/α,β-unsaturated/α-hetero) is 1. The first-order valence-electron chi connectivity index (χ1n) is 12.4. The monoisotopic (exact) mass is 429 g/mol. The van der Waals surface area contributed by atoms with Gasteiger partial charge in [0, 0.05) is 13.0 Å². The van der Waals surface area contributed by atoms with Crippen LogP contribution in [-0.2, 0) is 16.1 Å². The minimum atomic E-state index is -0.524. The molecule has 1 unspecified atom stereocenters. The normalized spacial score (nSPS) is 46.8. The predicted octanol–water partition coefficient (Wildman–Crippen LogP) is 3.88. The van der Waals surface area contributed by atoms with Gasteiger partial charge in [0.1, 0.15) is 6.54 Å². The van der Waals surface area contributed by atoms with Crippen LogP contribution in [-0.4, -0.2) is 45.2 Å². The van der Waals surface area contributed by atoms with E-state index in [9.17, 15) is 9.90 Å². The molecule has 0 amide bonds. The third kappa shape index (κ3) is 3.40. The van der Waals surface area contributed by atoms with Crippen molar-refractivity contribution in [2.45, 2.75) is 83.8 Å². The smallest absolute Gasteiger partial charge is 0.159 e. The molecule has 4 saturated carbocycles. The molecule has 1 aromatic rings. The third-order valence-corrected chi connectivity index (χ3v) is 10.2. The van der Waals surface area contributed by atoms with E-state index in [1.54, 1.807) is 12.4 Å². The topological polar surface area (TPSA) is 77.2 Å². The van der Waals surface area contributed by atoms with Crippen molar-refractivity contribution in [3.05, 3.63) is 12.4 Å². The highest BCUT2D eigenvalue weighted by Gasteiger charge is 2.63. The molecule has 172 valence electrons. The molecule has 0 spiro atoms. The SMILES string of the molecule is COCC12CC[C@@](C)(O)C[C@H]1CC[C@@H]1[C@@H]2CC[C@]2(C)[C@@H](C(=O)Cn3nccn3)CC[C@@H]12. The summed E-state index contributed by atoms with van der Waals surface area (Å²) in [4.78, 5) is 14.8. The lowest BCUT2D eigenvalue weighted by atomic mass is 9.43. The first kappa shape index (κ1) is 21.6. The van der Waals surface area contributed by atoms with E-state index in [1.807, 2.05) is 14.0 Å². The number of aromatic nitrogens is 3.